The van der Waals surface area contributed by atoms with E-state index >= 15 is 0 Å². The maximum Gasteiger partial charge on any atom is 0.309 e. The van der Waals surface area contributed by atoms with Gasteiger partial charge in [0.25, 0.3) is 0 Å². The lowest BCUT2D eigenvalue weighted by Crippen LogP contribution is -2.43. The Morgan fingerprint density at radius 2 is 1.95 bits per heavy atom. The Hall–Kier alpha value is -1.10. The molecule has 0 atom stereocenters. The van der Waals surface area contributed by atoms with E-state index in [0.29, 0.717) is 13.2 Å². The number of likely N-dealkylation sites (tertiary alicyclic amines) is 1. The Morgan fingerprint density at radius 3 is 2.53 bits per heavy atom. The van der Waals surface area contributed by atoms with Crippen molar-refractivity contribution in [2.45, 2.75) is 39.5 Å². The van der Waals surface area contributed by atoms with Crippen molar-refractivity contribution in [3.8, 4) is 0 Å². The van der Waals surface area contributed by atoms with Gasteiger partial charge in [0.15, 0.2) is 0 Å². The zero-order valence-corrected chi connectivity index (χ0v) is 12.1. The Bertz CT molecular complexity index is 286. The zero-order valence-electron chi connectivity index (χ0n) is 12.1. The fraction of sp³-hybridized carbons (Fsp3) is 0.857. The van der Waals surface area contributed by atoms with Crippen molar-refractivity contribution in [3.05, 3.63) is 0 Å². The van der Waals surface area contributed by atoms with Gasteiger partial charge in [-0.15, -0.1) is 0 Å². The number of carbonyl (C=O) groups is 2. The first-order chi connectivity index (χ1) is 9.17. The monoisotopic (exact) mass is 270 g/mol. The van der Waals surface area contributed by atoms with Gasteiger partial charge in [-0.2, -0.15) is 0 Å². The molecule has 0 aliphatic carbocycles. The molecule has 1 heterocycles. The molecule has 0 aromatic rings. The second kappa shape index (κ2) is 8.91. The van der Waals surface area contributed by atoms with Gasteiger partial charge in [-0.05, 0) is 39.3 Å². The van der Waals surface area contributed by atoms with Gasteiger partial charge in [0, 0.05) is 6.54 Å². The summed E-state index contributed by atoms with van der Waals surface area (Å²) in [6.07, 6.45) is 3.70. The third kappa shape index (κ3) is 6.05. The number of nitrogens with zero attached hydrogens (tertiary/aromatic N) is 1. The number of hydrogen-bond acceptors (Lipinski definition) is 4. The standard InChI is InChI=1S/C14H26N2O3/c1-3-5-8-15-13(17)11-16-9-6-12(7-10-16)14(18)19-4-2/h12H,3-11H2,1-2H3,(H,15,17). The molecule has 110 valence electrons. The predicted octanol–water partition coefficient (Wildman–Crippen LogP) is 1.18. The molecule has 1 amide bonds. The van der Waals surface area contributed by atoms with Gasteiger partial charge < -0.3 is 10.1 Å². The van der Waals surface area contributed by atoms with Crippen molar-refractivity contribution in [2.24, 2.45) is 5.92 Å². The van der Waals surface area contributed by atoms with Crippen LogP contribution in [0.2, 0.25) is 0 Å². The molecule has 1 aliphatic heterocycles. The number of hydrogen-bond donors (Lipinski definition) is 1. The van der Waals surface area contributed by atoms with E-state index in [1.165, 1.54) is 0 Å². The number of piperidine rings is 1. The van der Waals surface area contributed by atoms with Gasteiger partial charge in [0.2, 0.25) is 5.91 Å². The van der Waals surface area contributed by atoms with E-state index in [1.54, 1.807) is 0 Å². The van der Waals surface area contributed by atoms with E-state index in [1.807, 2.05) is 6.92 Å². The van der Waals surface area contributed by atoms with Crippen LogP contribution in [0, 0.1) is 5.92 Å². The maximum absolute atomic E-state index is 11.7. The molecule has 1 saturated heterocycles. The van der Waals surface area contributed by atoms with Crippen LogP contribution < -0.4 is 5.32 Å². The molecule has 0 bridgehead atoms. The predicted molar refractivity (Wildman–Crippen MR) is 73.7 cm³/mol. The third-order valence-electron chi connectivity index (χ3n) is 3.43. The molecule has 1 fully saturated rings. The van der Waals surface area contributed by atoms with Crippen LogP contribution >= 0.6 is 0 Å². The summed E-state index contributed by atoms with van der Waals surface area (Å²) in [5.74, 6) is 0.0111. The largest absolute Gasteiger partial charge is 0.466 e. The van der Waals surface area contributed by atoms with Crippen LogP contribution in [-0.4, -0.2) is 49.6 Å². The van der Waals surface area contributed by atoms with Crippen LogP contribution in [0.15, 0.2) is 0 Å². The SMILES string of the molecule is CCCCNC(=O)CN1CCC(C(=O)OCC)CC1. The quantitative estimate of drug-likeness (QED) is 0.557. The van der Waals surface area contributed by atoms with Crippen molar-refractivity contribution in [2.75, 3.05) is 32.8 Å². The Balaban J connectivity index is 2.19. The van der Waals surface area contributed by atoms with Crippen LogP contribution in [0.4, 0.5) is 0 Å². The molecule has 0 aromatic heterocycles. The Kier molecular flexibility index (Phi) is 7.48. The number of rotatable bonds is 7. The van der Waals surface area contributed by atoms with Crippen LogP contribution in [-0.2, 0) is 14.3 Å². The van der Waals surface area contributed by atoms with Gasteiger partial charge in [0.1, 0.15) is 0 Å². The summed E-state index contributed by atoms with van der Waals surface area (Å²) in [4.78, 5) is 25.3. The molecular weight excluding hydrogens is 244 g/mol. The first kappa shape index (κ1) is 16.0. The van der Waals surface area contributed by atoms with Gasteiger partial charge in [0.05, 0.1) is 19.1 Å². The summed E-state index contributed by atoms with van der Waals surface area (Å²) in [7, 11) is 0. The second-order valence-electron chi connectivity index (χ2n) is 5.01. The van der Waals surface area contributed by atoms with E-state index in [9.17, 15) is 9.59 Å². The Labute approximate surface area is 115 Å². The van der Waals surface area contributed by atoms with E-state index in [4.69, 9.17) is 4.74 Å². The van der Waals surface area contributed by atoms with Crippen LogP contribution in [0.3, 0.4) is 0 Å². The average molecular weight is 270 g/mol. The molecule has 0 radical (unpaired) electrons. The Morgan fingerprint density at radius 1 is 1.26 bits per heavy atom. The molecule has 1 N–H and O–H groups in total. The van der Waals surface area contributed by atoms with Crippen molar-refractivity contribution >= 4 is 11.9 Å². The van der Waals surface area contributed by atoms with Crippen molar-refractivity contribution in [3.63, 3.8) is 0 Å². The average Bonchev–Trinajstić information content (AvgIpc) is 2.40. The minimum atomic E-state index is -0.0884. The van der Waals surface area contributed by atoms with E-state index in [0.717, 1.165) is 45.3 Å². The van der Waals surface area contributed by atoms with Gasteiger partial charge in [-0.3, -0.25) is 14.5 Å². The molecule has 1 aliphatic rings. The number of esters is 1. The highest BCUT2D eigenvalue weighted by molar-refractivity contribution is 5.78. The molecule has 19 heavy (non-hydrogen) atoms. The summed E-state index contributed by atoms with van der Waals surface area (Å²) in [5, 5.41) is 2.91. The smallest absolute Gasteiger partial charge is 0.309 e. The van der Waals surface area contributed by atoms with Crippen LogP contribution in [0.5, 0.6) is 0 Å². The molecule has 0 aromatic carbocycles. The number of unbranched alkanes of at least 4 members (excludes halogenated alkanes) is 1. The van der Waals surface area contributed by atoms with Gasteiger partial charge in [-0.25, -0.2) is 0 Å². The lowest BCUT2D eigenvalue weighted by Gasteiger charge is -2.30. The lowest BCUT2D eigenvalue weighted by atomic mass is 9.97. The molecule has 0 spiro atoms. The molecule has 5 nitrogen and oxygen atoms in total. The molecule has 1 rings (SSSR count). The lowest BCUT2D eigenvalue weighted by molar-refractivity contribution is -0.149. The van der Waals surface area contributed by atoms with Gasteiger partial charge in [-0.1, -0.05) is 13.3 Å². The van der Waals surface area contributed by atoms with Crippen molar-refractivity contribution < 1.29 is 14.3 Å². The summed E-state index contributed by atoms with van der Waals surface area (Å²) in [6, 6.07) is 0. The maximum atomic E-state index is 11.7. The number of carbonyl (C=O) groups excluding carboxylic acids is 2. The molecular formula is C14H26N2O3. The summed E-state index contributed by atoms with van der Waals surface area (Å²) in [5.41, 5.74) is 0. The van der Waals surface area contributed by atoms with Crippen molar-refractivity contribution in [1.82, 2.24) is 10.2 Å². The third-order valence-corrected chi connectivity index (χ3v) is 3.43. The number of nitrogens with one attached hydrogen (secondary N) is 1. The molecule has 0 saturated carbocycles. The first-order valence-electron chi connectivity index (χ1n) is 7.33. The normalized spacial score (nSPS) is 17.2. The zero-order chi connectivity index (χ0) is 14.1. The van der Waals surface area contributed by atoms with E-state index < -0.39 is 0 Å². The van der Waals surface area contributed by atoms with Crippen LogP contribution in [0.25, 0.3) is 0 Å². The molecule has 5 heteroatoms. The van der Waals surface area contributed by atoms with E-state index in [-0.39, 0.29) is 17.8 Å². The fourth-order valence-corrected chi connectivity index (χ4v) is 2.25. The van der Waals surface area contributed by atoms with Crippen LogP contribution in [0.1, 0.15) is 39.5 Å². The summed E-state index contributed by atoms with van der Waals surface area (Å²) in [6.45, 7) is 7.17. The van der Waals surface area contributed by atoms with E-state index in [2.05, 4.69) is 17.1 Å². The minimum absolute atomic E-state index is 0.0133. The highest BCUT2D eigenvalue weighted by Gasteiger charge is 2.26. The number of amides is 1. The molecule has 0 unspecified atom stereocenters. The summed E-state index contributed by atoms with van der Waals surface area (Å²) >= 11 is 0. The second-order valence-corrected chi connectivity index (χ2v) is 5.01. The topological polar surface area (TPSA) is 58.6 Å². The first-order valence-corrected chi connectivity index (χ1v) is 7.33. The van der Waals surface area contributed by atoms with Gasteiger partial charge >= 0.3 is 5.97 Å². The van der Waals surface area contributed by atoms with Crippen molar-refractivity contribution in [1.29, 1.82) is 0 Å². The number of ether oxygens (including phenoxy) is 1. The minimum Gasteiger partial charge on any atom is -0.466 e. The fourth-order valence-electron chi connectivity index (χ4n) is 2.25. The highest BCUT2D eigenvalue weighted by atomic mass is 16.5. The summed E-state index contributed by atoms with van der Waals surface area (Å²) < 4.78 is 5.03. The highest BCUT2D eigenvalue weighted by Crippen LogP contribution is 2.18.